The highest BCUT2D eigenvalue weighted by Crippen LogP contribution is 2.29. The molecule has 12 heteroatoms. The van der Waals surface area contributed by atoms with Gasteiger partial charge in [-0.3, -0.25) is 19.2 Å². The maximum atomic E-state index is 14.2. The molecule has 330 valence electrons. The van der Waals surface area contributed by atoms with Crippen molar-refractivity contribution >= 4 is 29.4 Å². The molecule has 3 aromatic rings. The molecule has 6 N–H and O–H groups in total. The average Bonchev–Trinajstić information content (AvgIpc) is 4.05. The van der Waals surface area contributed by atoms with E-state index in [2.05, 4.69) is 21.3 Å². The van der Waals surface area contributed by atoms with Crippen molar-refractivity contribution in [3.05, 3.63) is 95.1 Å². The first kappa shape index (κ1) is 45.7. The van der Waals surface area contributed by atoms with Crippen LogP contribution in [0.1, 0.15) is 68.7 Å². The number of Topliss-reactive ketones (excluding diaryl/α,β-unsaturated/α-hetero) is 1. The summed E-state index contributed by atoms with van der Waals surface area (Å²) in [4.78, 5) is 52.0. The van der Waals surface area contributed by atoms with Crippen LogP contribution in [0, 0.1) is 41.4 Å². The maximum absolute atomic E-state index is 14.2. The molecule has 3 fully saturated rings. The molecule has 3 saturated heterocycles. The largest absolute Gasteiger partial charge is 0.494 e. The van der Waals surface area contributed by atoms with E-state index < -0.39 is 35.3 Å². The zero-order valence-electron chi connectivity index (χ0n) is 36.1. The van der Waals surface area contributed by atoms with E-state index in [-0.39, 0.29) is 48.6 Å². The minimum Gasteiger partial charge on any atom is -0.494 e. The molecule has 0 aliphatic carbocycles. The third-order valence-electron chi connectivity index (χ3n) is 12.7. The van der Waals surface area contributed by atoms with Crippen molar-refractivity contribution in [2.45, 2.75) is 77.7 Å². The van der Waals surface area contributed by atoms with Crippen molar-refractivity contribution in [2.24, 2.45) is 41.4 Å². The predicted octanol–water partition coefficient (Wildman–Crippen LogP) is 5.81. The number of carbonyl (C=O) groups is 4. The van der Waals surface area contributed by atoms with Gasteiger partial charge in [-0.1, -0.05) is 48.5 Å². The zero-order chi connectivity index (χ0) is 43.4. The van der Waals surface area contributed by atoms with Crippen molar-refractivity contribution in [1.29, 1.82) is 0 Å². The van der Waals surface area contributed by atoms with E-state index in [1.54, 1.807) is 0 Å². The predicted molar refractivity (Wildman–Crippen MR) is 236 cm³/mol. The summed E-state index contributed by atoms with van der Waals surface area (Å²) in [6.45, 7) is 10.8. The fourth-order valence-electron chi connectivity index (χ4n) is 9.32. The van der Waals surface area contributed by atoms with Gasteiger partial charge >= 0.3 is 17.9 Å². The molecule has 0 saturated carbocycles. The number of carboxylic acid groups (broad SMARTS) is 2. The normalized spacial score (nSPS) is 21.0. The molecule has 0 radical (unpaired) electrons. The second kappa shape index (κ2) is 21.8. The Hall–Kier alpha value is -4.78. The Kier molecular flexibility index (Phi) is 16.4. The summed E-state index contributed by atoms with van der Waals surface area (Å²) in [6.07, 6.45) is 4.89. The van der Waals surface area contributed by atoms with E-state index in [4.69, 9.17) is 9.47 Å². The molecule has 0 aromatic heterocycles. The lowest BCUT2D eigenvalue weighted by atomic mass is 9.85. The summed E-state index contributed by atoms with van der Waals surface area (Å²) >= 11 is 0. The second-order valence-corrected chi connectivity index (χ2v) is 18.4. The first-order valence-electron chi connectivity index (χ1n) is 22.3. The van der Waals surface area contributed by atoms with Crippen LogP contribution < -0.4 is 26.0 Å². The molecule has 0 amide bonds. The van der Waals surface area contributed by atoms with Gasteiger partial charge < -0.3 is 41.0 Å². The van der Waals surface area contributed by atoms with Crippen LogP contribution in [0.15, 0.2) is 72.8 Å². The number of hydrogen-bond acceptors (Lipinski definition) is 10. The molecular weight excluding hydrogens is 773 g/mol. The van der Waals surface area contributed by atoms with Crippen LogP contribution in [0.25, 0.3) is 0 Å². The van der Waals surface area contributed by atoms with Gasteiger partial charge in [-0.2, -0.15) is 0 Å². The smallest absolute Gasteiger partial charge is 0.310 e. The Morgan fingerprint density at radius 1 is 0.672 bits per heavy atom. The molecular formula is C49H66N4O8. The number of benzene rings is 3. The van der Waals surface area contributed by atoms with Gasteiger partial charge in [0.2, 0.25) is 0 Å². The fraction of sp³-hybridized carbons (Fsp3) is 0.551. The van der Waals surface area contributed by atoms with Gasteiger partial charge in [0.25, 0.3) is 0 Å². The lowest BCUT2D eigenvalue weighted by Crippen LogP contribution is -2.34. The molecule has 0 bridgehead atoms. The molecule has 3 aromatic carbocycles. The highest BCUT2D eigenvalue weighted by Gasteiger charge is 2.35. The van der Waals surface area contributed by atoms with Gasteiger partial charge in [0.15, 0.2) is 5.78 Å². The molecule has 6 rings (SSSR count). The van der Waals surface area contributed by atoms with Crippen LogP contribution in [-0.2, 0) is 49.6 Å². The van der Waals surface area contributed by atoms with Gasteiger partial charge in [0.1, 0.15) is 11.4 Å². The Balaban J connectivity index is 1.13. The van der Waals surface area contributed by atoms with Crippen LogP contribution >= 0.6 is 0 Å². The molecule has 3 heterocycles. The quantitative estimate of drug-likeness (QED) is 0.0672. The highest BCUT2D eigenvalue weighted by molar-refractivity contribution is 5.85. The number of esters is 1. The van der Waals surface area contributed by atoms with Crippen molar-refractivity contribution in [1.82, 2.24) is 16.0 Å². The zero-order valence-corrected chi connectivity index (χ0v) is 36.1. The van der Waals surface area contributed by atoms with Gasteiger partial charge in [-0.25, -0.2) is 0 Å². The van der Waals surface area contributed by atoms with Crippen LogP contribution in [0.5, 0.6) is 5.75 Å². The van der Waals surface area contributed by atoms with E-state index in [0.717, 1.165) is 73.4 Å². The minimum atomic E-state index is -0.786. The lowest BCUT2D eigenvalue weighted by Gasteiger charge is -2.27. The standard InChI is InChI=1S/C49H66N4O8/c1-49(2,3)61-48(59)44(39-15-19-52-30-39)27-34-9-5-11-40(23-34)53-31-45(54)36(22-32-7-4-8-33(21-32)25-42(46(55)56)37-13-17-50-28-37)16-20-60-41-12-6-10-35(24-41)26-43(47(57)58)38-14-18-51-29-38/h4-12,21,23-24,36-39,42-44,50-53H,13-20,22,25-31H2,1-3H3,(H,55,56)(H,57,58)/t36?,37-,38-,39-,42?,43-,44-/m0/s1. The van der Waals surface area contributed by atoms with Crippen LogP contribution in [0.3, 0.4) is 0 Å². The number of ketones is 1. The molecule has 2 unspecified atom stereocenters. The SMILES string of the molecule is CC(C)(C)OC(=O)[C@@H](Cc1cccc(NCC(=O)C(CCOc2cccc(C[C@H](C(=O)O)[C@H]3CCNC3)c2)Cc2cccc(CC(C(=O)O)[C@H]3CCNC3)c2)c1)[C@H]1CCNC1. The van der Waals surface area contributed by atoms with Gasteiger partial charge in [0, 0.05) is 11.6 Å². The number of rotatable bonds is 22. The second-order valence-electron chi connectivity index (χ2n) is 18.4. The van der Waals surface area contributed by atoms with E-state index in [1.165, 1.54) is 0 Å². The third kappa shape index (κ3) is 13.9. The number of nitrogens with one attached hydrogen (secondary N) is 4. The molecule has 7 atom stereocenters. The van der Waals surface area contributed by atoms with E-state index in [9.17, 15) is 29.4 Å². The van der Waals surface area contributed by atoms with E-state index in [0.29, 0.717) is 50.9 Å². The summed E-state index contributed by atoms with van der Waals surface area (Å²) in [6, 6.07) is 23.4. The minimum absolute atomic E-state index is 0.0201. The number of aliphatic carboxylic acids is 2. The number of anilines is 1. The summed E-state index contributed by atoms with van der Waals surface area (Å²) in [7, 11) is 0. The summed E-state index contributed by atoms with van der Waals surface area (Å²) in [5, 5.41) is 33.4. The highest BCUT2D eigenvalue weighted by atomic mass is 16.6. The van der Waals surface area contributed by atoms with Crippen molar-refractivity contribution in [2.75, 3.05) is 57.7 Å². The molecule has 3 aliphatic heterocycles. The number of carboxylic acids is 2. The van der Waals surface area contributed by atoms with Gasteiger partial charge in [-0.15, -0.1) is 0 Å². The van der Waals surface area contributed by atoms with E-state index in [1.807, 2.05) is 93.6 Å². The summed E-state index contributed by atoms with van der Waals surface area (Å²) in [5.74, 6) is -2.40. The van der Waals surface area contributed by atoms with Crippen molar-refractivity contribution < 1.29 is 38.9 Å². The van der Waals surface area contributed by atoms with Crippen LogP contribution in [0.2, 0.25) is 0 Å². The Morgan fingerprint density at radius 3 is 1.70 bits per heavy atom. The topological polar surface area (TPSA) is 175 Å². The van der Waals surface area contributed by atoms with Crippen LogP contribution in [-0.4, -0.2) is 91.9 Å². The Morgan fingerprint density at radius 2 is 1.16 bits per heavy atom. The molecule has 0 spiro atoms. The Bertz CT molecular complexity index is 1930. The fourth-order valence-corrected chi connectivity index (χ4v) is 9.32. The first-order valence-corrected chi connectivity index (χ1v) is 22.3. The van der Waals surface area contributed by atoms with Gasteiger partial charge in [0.05, 0.1) is 30.9 Å². The van der Waals surface area contributed by atoms with Gasteiger partial charge in [-0.05, 0) is 176 Å². The van der Waals surface area contributed by atoms with Crippen molar-refractivity contribution in [3.63, 3.8) is 0 Å². The van der Waals surface area contributed by atoms with E-state index >= 15 is 0 Å². The maximum Gasteiger partial charge on any atom is 0.310 e. The number of carbonyl (C=O) groups excluding carboxylic acids is 2. The summed E-state index contributed by atoms with van der Waals surface area (Å²) in [5.41, 5.74) is 4.01. The number of hydrogen-bond donors (Lipinski definition) is 6. The monoisotopic (exact) mass is 838 g/mol. The first-order chi connectivity index (χ1) is 29.3. The third-order valence-corrected chi connectivity index (χ3v) is 12.7. The molecule has 61 heavy (non-hydrogen) atoms. The molecule has 3 aliphatic rings. The van der Waals surface area contributed by atoms with Crippen LogP contribution in [0.4, 0.5) is 5.69 Å². The number of ether oxygens (including phenoxy) is 2. The lowest BCUT2D eigenvalue weighted by molar-refractivity contribution is -0.162. The molecule has 12 nitrogen and oxygen atoms in total. The average molecular weight is 839 g/mol. The van der Waals surface area contributed by atoms with Crippen molar-refractivity contribution in [3.8, 4) is 5.75 Å². The Labute approximate surface area is 361 Å². The summed E-state index contributed by atoms with van der Waals surface area (Å²) < 4.78 is 12.1.